The molecule has 2 unspecified atom stereocenters. The highest BCUT2D eigenvalue weighted by Crippen LogP contribution is 2.15. The third-order valence-electron chi connectivity index (χ3n) is 1.31. The van der Waals surface area contributed by atoms with Crippen LogP contribution in [0.3, 0.4) is 0 Å². The quantitative estimate of drug-likeness (QED) is 0.416. The Morgan fingerprint density at radius 2 is 1.27 bits per heavy atom. The van der Waals surface area contributed by atoms with Crippen LogP contribution in [-0.2, 0) is 19.4 Å². The molecule has 0 aliphatic carbocycles. The van der Waals surface area contributed by atoms with Gasteiger partial charge in [-0.2, -0.15) is 0 Å². The minimum Gasteiger partial charge on any atom is -0.381 e. The van der Waals surface area contributed by atoms with Gasteiger partial charge in [-0.1, -0.05) is 0 Å². The number of hydrogen-bond acceptors (Lipinski definition) is 6. The van der Waals surface area contributed by atoms with Gasteiger partial charge in [0.2, 0.25) is 0 Å². The van der Waals surface area contributed by atoms with E-state index in [2.05, 4.69) is 0 Å². The summed E-state index contributed by atoms with van der Waals surface area (Å²) >= 11 is 0. The van der Waals surface area contributed by atoms with Crippen molar-refractivity contribution in [1.82, 2.24) is 0 Å². The Balaban J connectivity index is 3.28. The summed E-state index contributed by atoms with van der Waals surface area (Å²) in [7, 11) is -4.58. The molecule has 1 aliphatic rings. The predicted molar refractivity (Wildman–Crippen MR) is 30.9 cm³/mol. The molecule has 1 saturated heterocycles. The molecule has 0 aromatic heterocycles. The number of sulfone groups is 1. The van der Waals surface area contributed by atoms with Crippen LogP contribution in [0.5, 0.6) is 0 Å². The van der Waals surface area contributed by atoms with Crippen LogP contribution in [0.15, 0.2) is 0 Å². The van der Waals surface area contributed by atoms with Crippen molar-refractivity contribution in [3.63, 3.8) is 0 Å². The van der Waals surface area contributed by atoms with Gasteiger partial charge in [0, 0.05) is 0 Å². The van der Waals surface area contributed by atoms with Crippen molar-refractivity contribution >= 4 is 20.1 Å². The van der Waals surface area contributed by atoms with E-state index in [1.165, 1.54) is 0 Å². The first-order chi connectivity index (χ1) is 4.89. The van der Waals surface area contributed by atoms with Crippen LogP contribution >= 0.6 is 0 Å². The lowest BCUT2D eigenvalue weighted by atomic mass is 10.2. The van der Waals surface area contributed by atoms with E-state index >= 15 is 0 Å². The van der Waals surface area contributed by atoms with Gasteiger partial charge in [0.05, 0.1) is 0 Å². The molecule has 0 aromatic rings. The van der Waals surface area contributed by atoms with Crippen molar-refractivity contribution in [2.75, 3.05) is 0 Å². The van der Waals surface area contributed by atoms with Gasteiger partial charge in [-0.15, -0.1) is 0 Å². The summed E-state index contributed by atoms with van der Waals surface area (Å²) in [6, 6.07) is 0. The number of aliphatic hydroxyl groups is 2. The Morgan fingerprint density at radius 3 is 1.36 bits per heavy atom. The van der Waals surface area contributed by atoms with Gasteiger partial charge in [0.25, 0.3) is 20.1 Å². The van der Waals surface area contributed by atoms with Gasteiger partial charge in [-0.3, -0.25) is 9.59 Å². The Labute approximate surface area is 61.4 Å². The fraction of sp³-hybridized carbons (Fsp3) is 0.500. The zero-order valence-corrected chi connectivity index (χ0v) is 5.91. The van der Waals surface area contributed by atoms with Crippen molar-refractivity contribution in [3.05, 3.63) is 0 Å². The first kappa shape index (κ1) is 8.31. The highest BCUT2D eigenvalue weighted by atomic mass is 32.2. The van der Waals surface area contributed by atoms with Crippen molar-refractivity contribution in [2.24, 2.45) is 0 Å². The smallest absolute Gasteiger partial charge is 0.285 e. The van der Waals surface area contributed by atoms with Crippen LogP contribution in [0.4, 0.5) is 0 Å². The Kier molecular flexibility index (Phi) is 1.58. The highest BCUT2D eigenvalue weighted by Gasteiger charge is 2.52. The van der Waals surface area contributed by atoms with Gasteiger partial charge in [0.1, 0.15) is 0 Å². The summed E-state index contributed by atoms with van der Waals surface area (Å²) in [6.45, 7) is 0. The van der Waals surface area contributed by atoms with Gasteiger partial charge >= 0.3 is 0 Å². The second-order valence-electron chi connectivity index (χ2n) is 2.03. The molecule has 2 N–H and O–H groups in total. The fourth-order valence-corrected chi connectivity index (χ4v) is 1.77. The first-order valence-electron chi connectivity index (χ1n) is 2.58. The molecule has 0 aromatic carbocycles. The van der Waals surface area contributed by atoms with E-state index in [1.54, 1.807) is 0 Å². The average Bonchev–Trinajstić information content (AvgIpc) is 2.06. The van der Waals surface area contributed by atoms with E-state index in [4.69, 9.17) is 10.2 Å². The van der Waals surface area contributed by atoms with E-state index in [1.807, 2.05) is 0 Å². The highest BCUT2D eigenvalue weighted by molar-refractivity contribution is 8.19. The molecule has 0 amide bonds. The molecule has 62 valence electrons. The molecule has 1 rings (SSSR count). The molecule has 0 radical (unpaired) electrons. The number of hydrogen-bond donors (Lipinski definition) is 2. The predicted octanol–water partition coefficient (Wildman–Crippen LogP) is -2.81. The standard InChI is InChI=1S/C4H4O6S/c5-1-2(6)4(8)11(9,10)3(1)7/h1-2,5-6H. The van der Waals surface area contributed by atoms with E-state index in [9.17, 15) is 18.0 Å². The fourth-order valence-electron chi connectivity index (χ4n) is 0.675. The minimum atomic E-state index is -4.58. The van der Waals surface area contributed by atoms with E-state index < -0.39 is 32.3 Å². The van der Waals surface area contributed by atoms with Crippen molar-refractivity contribution in [1.29, 1.82) is 0 Å². The Bertz CT molecular complexity index is 287. The third kappa shape index (κ3) is 0.889. The van der Waals surface area contributed by atoms with Gasteiger partial charge < -0.3 is 10.2 Å². The van der Waals surface area contributed by atoms with Gasteiger partial charge in [-0.25, -0.2) is 8.42 Å². The lowest BCUT2D eigenvalue weighted by molar-refractivity contribution is -0.129. The normalized spacial score (nSPS) is 36.2. The molecule has 0 bridgehead atoms. The topological polar surface area (TPSA) is 109 Å². The molecule has 0 spiro atoms. The third-order valence-corrected chi connectivity index (χ3v) is 2.85. The molecule has 6 nitrogen and oxygen atoms in total. The number of rotatable bonds is 0. The molecule has 1 heterocycles. The minimum absolute atomic E-state index is 1.63. The molecule has 2 atom stereocenters. The molecule has 11 heavy (non-hydrogen) atoms. The van der Waals surface area contributed by atoms with Crippen molar-refractivity contribution < 1.29 is 28.2 Å². The summed E-state index contributed by atoms with van der Waals surface area (Å²) in [5.41, 5.74) is 0. The van der Waals surface area contributed by atoms with Crippen LogP contribution in [-0.4, -0.2) is 41.1 Å². The second kappa shape index (κ2) is 2.10. The summed E-state index contributed by atoms with van der Waals surface area (Å²) in [5, 5.41) is 13.9. The molecular formula is C4H4O6S. The maximum absolute atomic E-state index is 10.5. The average molecular weight is 180 g/mol. The van der Waals surface area contributed by atoms with Crippen molar-refractivity contribution in [3.8, 4) is 0 Å². The SMILES string of the molecule is O=C1C(O)C(O)C(=O)S1(=O)=O. The maximum atomic E-state index is 10.5. The summed E-state index contributed by atoms with van der Waals surface area (Å²) < 4.78 is 21.0. The summed E-state index contributed by atoms with van der Waals surface area (Å²) in [5.74, 6) is 0. The molecule has 7 heteroatoms. The summed E-state index contributed by atoms with van der Waals surface area (Å²) in [6.07, 6.45) is -4.24. The second-order valence-corrected chi connectivity index (χ2v) is 3.84. The van der Waals surface area contributed by atoms with E-state index in [-0.39, 0.29) is 0 Å². The molecule has 0 saturated carbocycles. The monoisotopic (exact) mass is 180 g/mol. The van der Waals surface area contributed by atoms with Gasteiger partial charge in [0.15, 0.2) is 12.2 Å². The molecule has 1 aliphatic heterocycles. The van der Waals surface area contributed by atoms with Gasteiger partial charge in [-0.05, 0) is 0 Å². The zero-order chi connectivity index (χ0) is 8.81. The van der Waals surface area contributed by atoms with Crippen LogP contribution in [0.1, 0.15) is 0 Å². The summed E-state index contributed by atoms with van der Waals surface area (Å²) in [4.78, 5) is 20.9. The number of carbonyl (C=O) groups is 2. The largest absolute Gasteiger partial charge is 0.381 e. The van der Waals surface area contributed by atoms with Crippen LogP contribution in [0, 0.1) is 0 Å². The maximum Gasteiger partial charge on any atom is 0.285 e. The van der Waals surface area contributed by atoms with E-state index in [0.717, 1.165) is 0 Å². The number of aliphatic hydroxyl groups excluding tert-OH is 2. The zero-order valence-electron chi connectivity index (χ0n) is 5.09. The molecular weight excluding hydrogens is 176 g/mol. The lowest BCUT2D eigenvalue weighted by Gasteiger charge is -1.97. The lowest BCUT2D eigenvalue weighted by Crippen LogP contribution is -2.27. The van der Waals surface area contributed by atoms with Crippen LogP contribution < -0.4 is 0 Å². The van der Waals surface area contributed by atoms with Crippen LogP contribution in [0.25, 0.3) is 0 Å². The Morgan fingerprint density at radius 1 is 1.00 bits per heavy atom. The van der Waals surface area contributed by atoms with E-state index in [0.29, 0.717) is 0 Å². The number of carbonyl (C=O) groups excluding carboxylic acids is 2. The molecule has 1 fully saturated rings. The van der Waals surface area contributed by atoms with Crippen LogP contribution in [0.2, 0.25) is 0 Å². The van der Waals surface area contributed by atoms with Crippen molar-refractivity contribution in [2.45, 2.75) is 12.2 Å². The Hall–Kier alpha value is -0.790. The first-order valence-corrected chi connectivity index (χ1v) is 4.06.